The molecule has 0 bridgehead atoms. The summed E-state index contributed by atoms with van der Waals surface area (Å²) >= 11 is 0. The van der Waals surface area contributed by atoms with Gasteiger partial charge in [0.25, 0.3) is 0 Å². The van der Waals surface area contributed by atoms with Gasteiger partial charge in [-0.05, 0) is 6.42 Å². The number of aliphatic hydroxyl groups is 1. The van der Waals surface area contributed by atoms with Gasteiger partial charge in [-0.25, -0.2) is 14.6 Å². The van der Waals surface area contributed by atoms with E-state index in [1.54, 1.807) is 10.9 Å². The Kier molecular flexibility index (Phi) is 3.31. The van der Waals surface area contributed by atoms with Crippen molar-refractivity contribution in [3.63, 3.8) is 0 Å². The highest BCUT2D eigenvalue weighted by molar-refractivity contribution is 5.85. The zero-order chi connectivity index (χ0) is 11.4. The first-order valence-electron chi connectivity index (χ1n) is 5.38. The average Bonchev–Trinajstić information content (AvgIpc) is 2.71. The van der Waals surface area contributed by atoms with Gasteiger partial charge in [-0.1, -0.05) is 6.92 Å². The molecule has 0 amide bonds. The van der Waals surface area contributed by atoms with E-state index >= 15 is 0 Å². The van der Waals surface area contributed by atoms with Crippen LogP contribution in [0.3, 0.4) is 0 Å². The molecule has 0 aliphatic heterocycles. The fourth-order valence-electron chi connectivity index (χ4n) is 1.54. The molecule has 0 aromatic carbocycles. The monoisotopic (exact) mass is 221 g/mol. The number of hydrogen-bond acceptors (Lipinski definition) is 5. The summed E-state index contributed by atoms with van der Waals surface area (Å²) in [7, 11) is 0. The van der Waals surface area contributed by atoms with Crippen LogP contribution in [-0.2, 0) is 6.54 Å². The Labute approximate surface area is 93.3 Å². The maximum absolute atomic E-state index is 8.89. The number of aliphatic hydroxyl groups excluding tert-OH is 1. The standard InChI is InChI=1S/C10H15N5O/c1-2-3-11-9-8-6-14-15(4-5-16)10(8)13-7-12-9/h6-7,16H,2-5H2,1H3,(H,11,12,13). The van der Waals surface area contributed by atoms with Crippen LogP contribution >= 0.6 is 0 Å². The molecular weight excluding hydrogens is 206 g/mol. The molecule has 0 saturated heterocycles. The number of nitrogens with one attached hydrogen (secondary N) is 1. The number of hydrogen-bond donors (Lipinski definition) is 2. The van der Waals surface area contributed by atoms with E-state index in [1.807, 2.05) is 0 Å². The maximum atomic E-state index is 8.89. The topological polar surface area (TPSA) is 75.9 Å². The van der Waals surface area contributed by atoms with Crippen LogP contribution < -0.4 is 5.32 Å². The predicted octanol–water partition coefficient (Wildman–Crippen LogP) is 0.640. The Morgan fingerprint density at radius 1 is 1.44 bits per heavy atom. The summed E-state index contributed by atoms with van der Waals surface area (Å²) in [6, 6.07) is 0. The van der Waals surface area contributed by atoms with Crippen LogP contribution in [0.2, 0.25) is 0 Å². The molecule has 2 N–H and O–H groups in total. The number of anilines is 1. The number of rotatable bonds is 5. The van der Waals surface area contributed by atoms with Gasteiger partial charge in [-0.3, -0.25) is 0 Å². The lowest BCUT2D eigenvalue weighted by Gasteiger charge is -2.04. The third-order valence-corrected chi connectivity index (χ3v) is 2.29. The molecule has 0 aliphatic carbocycles. The highest BCUT2D eigenvalue weighted by Gasteiger charge is 2.08. The van der Waals surface area contributed by atoms with Crippen LogP contribution in [0.5, 0.6) is 0 Å². The normalized spacial score (nSPS) is 10.9. The summed E-state index contributed by atoms with van der Waals surface area (Å²) in [5.74, 6) is 0.802. The van der Waals surface area contributed by atoms with Crippen LogP contribution in [0.15, 0.2) is 12.5 Å². The van der Waals surface area contributed by atoms with Gasteiger partial charge >= 0.3 is 0 Å². The van der Waals surface area contributed by atoms with Crippen LogP contribution in [-0.4, -0.2) is 38.0 Å². The Balaban J connectivity index is 2.36. The Bertz CT molecular complexity index is 467. The maximum Gasteiger partial charge on any atom is 0.163 e. The van der Waals surface area contributed by atoms with Gasteiger partial charge in [0.1, 0.15) is 12.1 Å². The fourth-order valence-corrected chi connectivity index (χ4v) is 1.54. The van der Waals surface area contributed by atoms with Gasteiger partial charge < -0.3 is 10.4 Å². The van der Waals surface area contributed by atoms with Crippen LogP contribution in [0.4, 0.5) is 5.82 Å². The van der Waals surface area contributed by atoms with Gasteiger partial charge in [0, 0.05) is 6.54 Å². The minimum absolute atomic E-state index is 0.0541. The van der Waals surface area contributed by atoms with Crippen molar-refractivity contribution in [2.75, 3.05) is 18.5 Å². The highest BCUT2D eigenvalue weighted by atomic mass is 16.3. The second kappa shape index (κ2) is 4.89. The molecule has 16 heavy (non-hydrogen) atoms. The highest BCUT2D eigenvalue weighted by Crippen LogP contribution is 2.18. The first-order valence-corrected chi connectivity index (χ1v) is 5.38. The molecule has 0 radical (unpaired) electrons. The smallest absolute Gasteiger partial charge is 0.163 e. The van der Waals surface area contributed by atoms with Gasteiger partial charge in [0.15, 0.2) is 5.65 Å². The molecule has 6 nitrogen and oxygen atoms in total. The molecule has 0 saturated carbocycles. The van der Waals surface area contributed by atoms with Crippen molar-refractivity contribution in [2.24, 2.45) is 0 Å². The molecule has 2 aromatic heterocycles. The molecule has 0 unspecified atom stereocenters. The minimum Gasteiger partial charge on any atom is -0.394 e. The van der Waals surface area contributed by atoms with Crippen LogP contribution in [0.1, 0.15) is 13.3 Å². The predicted molar refractivity (Wildman–Crippen MR) is 61.2 cm³/mol. The number of aromatic nitrogens is 4. The largest absolute Gasteiger partial charge is 0.394 e. The summed E-state index contributed by atoms with van der Waals surface area (Å²) in [6.45, 7) is 3.48. The lowest BCUT2D eigenvalue weighted by Crippen LogP contribution is -2.06. The van der Waals surface area contributed by atoms with Crippen LogP contribution in [0, 0.1) is 0 Å². The molecule has 0 atom stereocenters. The summed E-state index contributed by atoms with van der Waals surface area (Å²) in [4.78, 5) is 8.35. The van der Waals surface area contributed by atoms with Crippen molar-refractivity contribution in [3.8, 4) is 0 Å². The van der Waals surface area contributed by atoms with Gasteiger partial charge in [-0.2, -0.15) is 5.10 Å². The van der Waals surface area contributed by atoms with E-state index in [0.29, 0.717) is 6.54 Å². The Morgan fingerprint density at radius 2 is 2.31 bits per heavy atom. The second-order valence-electron chi connectivity index (χ2n) is 3.48. The van der Waals surface area contributed by atoms with Crippen molar-refractivity contribution >= 4 is 16.9 Å². The molecule has 86 valence electrons. The molecular formula is C10H15N5O. The van der Waals surface area contributed by atoms with Crippen LogP contribution in [0.25, 0.3) is 11.0 Å². The Hall–Kier alpha value is -1.69. The van der Waals surface area contributed by atoms with E-state index in [0.717, 1.165) is 29.8 Å². The summed E-state index contributed by atoms with van der Waals surface area (Å²) in [6.07, 6.45) is 4.27. The summed E-state index contributed by atoms with van der Waals surface area (Å²) in [5.41, 5.74) is 0.752. The SMILES string of the molecule is CCCNc1ncnc2c1cnn2CCO. The zero-order valence-corrected chi connectivity index (χ0v) is 9.22. The van der Waals surface area contributed by atoms with Crippen molar-refractivity contribution in [3.05, 3.63) is 12.5 Å². The summed E-state index contributed by atoms with van der Waals surface area (Å²) in [5, 5.41) is 17.2. The summed E-state index contributed by atoms with van der Waals surface area (Å²) < 4.78 is 1.67. The van der Waals surface area contributed by atoms with E-state index in [1.165, 1.54) is 6.33 Å². The average molecular weight is 221 g/mol. The van der Waals surface area contributed by atoms with Crippen molar-refractivity contribution in [1.82, 2.24) is 19.7 Å². The quantitative estimate of drug-likeness (QED) is 0.775. The van der Waals surface area contributed by atoms with Gasteiger partial charge in [-0.15, -0.1) is 0 Å². The van der Waals surface area contributed by atoms with Crippen molar-refractivity contribution in [1.29, 1.82) is 0 Å². The lowest BCUT2D eigenvalue weighted by atomic mass is 10.4. The van der Waals surface area contributed by atoms with Gasteiger partial charge in [0.05, 0.1) is 24.7 Å². The van der Waals surface area contributed by atoms with E-state index in [9.17, 15) is 0 Å². The first-order chi connectivity index (χ1) is 7.86. The zero-order valence-electron chi connectivity index (χ0n) is 9.22. The third kappa shape index (κ3) is 1.96. The van der Waals surface area contributed by atoms with E-state index in [2.05, 4.69) is 27.3 Å². The Morgan fingerprint density at radius 3 is 3.06 bits per heavy atom. The third-order valence-electron chi connectivity index (χ3n) is 2.29. The van der Waals surface area contributed by atoms with E-state index in [-0.39, 0.29) is 6.61 Å². The lowest BCUT2D eigenvalue weighted by molar-refractivity contribution is 0.271. The molecule has 2 rings (SSSR count). The van der Waals surface area contributed by atoms with E-state index in [4.69, 9.17) is 5.11 Å². The molecule has 0 fully saturated rings. The molecule has 6 heteroatoms. The molecule has 0 spiro atoms. The number of nitrogens with zero attached hydrogens (tertiary/aromatic N) is 4. The fraction of sp³-hybridized carbons (Fsp3) is 0.500. The van der Waals surface area contributed by atoms with Crippen molar-refractivity contribution < 1.29 is 5.11 Å². The molecule has 2 heterocycles. The molecule has 0 aliphatic rings. The number of fused-ring (bicyclic) bond motifs is 1. The molecule has 2 aromatic rings. The van der Waals surface area contributed by atoms with Gasteiger partial charge in [0.2, 0.25) is 0 Å². The second-order valence-corrected chi connectivity index (χ2v) is 3.48. The van der Waals surface area contributed by atoms with E-state index < -0.39 is 0 Å². The minimum atomic E-state index is 0.0541. The van der Waals surface area contributed by atoms with Crippen molar-refractivity contribution in [2.45, 2.75) is 19.9 Å². The first kappa shape index (κ1) is 10.8.